The van der Waals surface area contributed by atoms with Crippen LogP contribution in [-0.2, 0) is 11.2 Å². The van der Waals surface area contributed by atoms with E-state index in [1.54, 1.807) is 6.07 Å². The number of carbonyl (C=O) groups is 2. The largest absolute Gasteiger partial charge is 0.482 e. The lowest BCUT2D eigenvalue weighted by Crippen LogP contribution is -2.40. The van der Waals surface area contributed by atoms with Crippen LogP contribution in [0.4, 0.5) is 9.18 Å². The Bertz CT molecular complexity index is 873. The van der Waals surface area contributed by atoms with Crippen molar-refractivity contribution in [3.63, 3.8) is 0 Å². The highest BCUT2D eigenvalue weighted by Crippen LogP contribution is 2.41. The van der Waals surface area contributed by atoms with Crippen LogP contribution in [0.15, 0.2) is 36.4 Å². The quantitative estimate of drug-likeness (QED) is 0.848. The van der Waals surface area contributed by atoms with E-state index < -0.39 is 30.5 Å². The van der Waals surface area contributed by atoms with Crippen molar-refractivity contribution in [2.24, 2.45) is 0 Å². The van der Waals surface area contributed by atoms with Gasteiger partial charge in [-0.2, -0.15) is 0 Å². The molecule has 0 aromatic heterocycles. The first-order chi connectivity index (χ1) is 12.4. The molecule has 1 atom stereocenters. The second-order valence-electron chi connectivity index (χ2n) is 5.80. The molecule has 0 saturated carbocycles. The number of benzene rings is 2. The van der Waals surface area contributed by atoms with E-state index in [2.05, 4.69) is 0 Å². The zero-order valence-electron chi connectivity index (χ0n) is 13.5. The summed E-state index contributed by atoms with van der Waals surface area (Å²) < 4.78 is 19.5. The molecule has 0 spiro atoms. The third kappa shape index (κ3) is 3.43. The molecule has 3 rings (SSSR count). The molecule has 0 radical (unpaired) electrons. The van der Waals surface area contributed by atoms with Crippen LogP contribution in [0.3, 0.4) is 0 Å². The third-order valence-corrected chi connectivity index (χ3v) is 4.46. The van der Waals surface area contributed by atoms with Crippen LogP contribution in [0.1, 0.15) is 22.7 Å². The molecular formula is C18H15ClFNO5. The van der Waals surface area contributed by atoms with E-state index in [1.165, 1.54) is 35.2 Å². The fraction of sp³-hybridized carbons (Fsp3) is 0.222. The van der Waals surface area contributed by atoms with Crippen molar-refractivity contribution in [3.8, 4) is 5.75 Å². The summed E-state index contributed by atoms with van der Waals surface area (Å²) in [5.41, 5.74) is 1.29. The van der Waals surface area contributed by atoms with Gasteiger partial charge in [-0.25, -0.2) is 14.0 Å². The van der Waals surface area contributed by atoms with Gasteiger partial charge in [-0.05, 0) is 41.8 Å². The van der Waals surface area contributed by atoms with Crippen LogP contribution < -0.4 is 4.74 Å². The van der Waals surface area contributed by atoms with Gasteiger partial charge >= 0.3 is 12.1 Å². The zero-order chi connectivity index (χ0) is 18.8. The van der Waals surface area contributed by atoms with E-state index in [9.17, 15) is 19.1 Å². The molecule has 6 nitrogen and oxygen atoms in total. The third-order valence-electron chi connectivity index (χ3n) is 4.23. The number of carboxylic acid groups (broad SMARTS) is 2. The van der Waals surface area contributed by atoms with Crippen LogP contribution in [-0.4, -0.2) is 40.3 Å². The fourth-order valence-corrected chi connectivity index (χ4v) is 3.35. The first-order valence-electron chi connectivity index (χ1n) is 7.79. The number of hydrogen-bond acceptors (Lipinski definition) is 3. The van der Waals surface area contributed by atoms with Crippen molar-refractivity contribution in [3.05, 3.63) is 63.9 Å². The number of amides is 1. The van der Waals surface area contributed by atoms with Gasteiger partial charge in [0.1, 0.15) is 11.6 Å². The highest BCUT2D eigenvalue weighted by atomic mass is 35.5. The average molecular weight is 380 g/mol. The topological polar surface area (TPSA) is 87.1 Å². The molecule has 2 aromatic rings. The van der Waals surface area contributed by atoms with Gasteiger partial charge in [-0.3, -0.25) is 4.90 Å². The Balaban J connectivity index is 2.16. The lowest BCUT2D eigenvalue weighted by atomic mass is 9.87. The van der Waals surface area contributed by atoms with Crippen molar-refractivity contribution >= 4 is 23.7 Å². The van der Waals surface area contributed by atoms with E-state index in [1.807, 2.05) is 0 Å². The monoisotopic (exact) mass is 379 g/mol. The van der Waals surface area contributed by atoms with E-state index >= 15 is 0 Å². The maximum absolute atomic E-state index is 14.2. The predicted octanol–water partition coefficient (Wildman–Crippen LogP) is 3.57. The summed E-state index contributed by atoms with van der Waals surface area (Å²) in [7, 11) is 0. The van der Waals surface area contributed by atoms with Gasteiger partial charge in [0, 0.05) is 17.1 Å². The summed E-state index contributed by atoms with van der Waals surface area (Å²) in [6.45, 7) is -0.497. The average Bonchev–Trinajstić information content (AvgIpc) is 2.59. The Kier molecular flexibility index (Phi) is 4.99. The molecule has 26 heavy (non-hydrogen) atoms. The molecular weight excluding hydrogens is 365 g/mol. The van der Waals surface area contributed by atoms with Gasteiger partial charge < -0.3 is 14.9 Å². The first-order valence-corrected chi connectivity index (χ1v) is 8.17. The molecule has 1 amide bonds. The lowest BCUT2D eigenvalue weighted by Gasteiger charge is -2.36. The number of nitrogens with zero attached hydrogens (tertiary/aromatic N) is 1. The number of fused-ring (bicyclic) bond motifs is 1. The first kappa shape index (κ1) is 18.0. The summed E-state index contributed by atoms with van der Waals surface area (Å²) in [5.74, 6) is -1.39. The van der Waals surface area contributed by atoms with Crippen LogP contribution in [0.25, 0.3) is 0 Å². The predicted molar refractivity (Wildman–Crippen MR) is 91.3 cm³/mol. The SMILES string of the molecule is O=C(O)COc1ccc(Cl)cc1[C@@H]1c2cccc(F)c2CCN1C(=O)O. The molecule has 136 valence electrons. The summed E-state index contributed by atoms with van der Waals surface area (Å²) in [5, 5.41) is 18.8. The molecule has 0 unspecified atom stereocenters. The van der Waals surface area contributed by atoms with Crippen molar-refractivity contribution in [1.82, 2.24) is 4.90 Å². The van der Waals surface area contributed by atoms with Gasteiger partial charge in [-0.1, -0.05) is 23.7 Å². The van der Waals surface area contributed by atoms with E-state index in [0.717, 1.165) is 0 Å². The van der Waals surface area contributed by atoms with Crippen LogP contribution in [0.2, 0.25) is 5.02 Å². The molecule has 8 heteroatoms. The Hall–Kier alpha value is -2.80. The molecule has 0 saturated heterocycles. The Morgan fingerprint density at radius 2 is 2.00 bits per heavy atom. The second kappa shape index (κ2) is 7.21. The van der Waals surface area contributed by atoms with Crippen molar-refractivity contribution in [2.45, 2.75) is 12.5 Å². The van der Waals surface area contributed by atoms with Crippen LogP contribution in [0.5, 0.6) is 5.75 Å². The van der Waals surface area contributed by atoms with Crippen LogP contribution in [0, 0.1) is 5.82 Å². The van der Waals surface area contributed by atoms with Gasteiger partial charge in [0.2, 0.25) is 0 Å². The normalized spacial score (nSPS) is 16.1. The van der Waals surface area contributed by atoms with Crippen molar-refractivity contribution in [2.75, 3.05) is 13.2 Å². The van der Waals surface area contributed by atoms with Gasteiger partial charge in [0.25, 0.3) is 0 Å². The molecule has 1 aliphatic heterocycles. The minimum Gasteiger partial charge on any atom is -0.482 e. The minimum absolute atomic E-state index is 0.0960. The summed E-state index contributed by atoms with van der Waals surface area (Å²) >= 11 is 6.07. The number of aliphatic carboxylic acids is 1. The Labute approximate surface area is 153 Å². The van der Waals surface area contributed by atoms with E-state index in [4.69, 9.17) is 21.4 Å². The van der Waals surface area contributed by atoms with Gasteiger partial charge in [0.05, 0.1) is 6.04 Å². The smallest absolute Gasteiger partial charge is 0.408 e. The zero-order valence-corrected chi connectivity index (χ0v) is 14.2. The molecule has 2 aromatic carbocycles. The summed E-state index contributed by atoms with van der Waals surface area (Å²) in [6, 6.07) is 8.14. The maximum atomic E-state index is 14.2. The number of hydrogen-bond donors (Lipinski definition) is 2. The van der Waals surface area contributed by atoms with Gasteiger partial charge in [-0.15, -0.1) is 0 Å². The molecule has 2 N–H and O–H groups in total. The standard InChI is InChI=1S/C18H15ClFNO5/c19-10-4-5-15(26-9-16(22)23)13(8-10)17-12-2-1-3-14(20)11(12)6-7-21(17)18(24)25/h1-5,8,17H,6-7,9H2,(H,22,23)(H,24,25)/t17-/m0/s1. The number of halogens is 2. The van der Waals surface area contributed by atoms with E-state index in [0.29, 0.717) is 21.7 Å². The summed E-state index contributed by atoms with van der Waals surface area (Å²) in [4.78, 5) is 23.8. The Morgan fingerprint density at radius 3 is 2.69 bits per heavy atom. The number of ether oxygens (including phenoxy) is 1. The fourth-order valence-electron chi connectivity index (χ4n) is 3.17. The Morgan fingerprint density at radius 1 is 1.23 bits per heavy atom. The molecule has 0 fully saturated rings. The number of rotatable bonds is 4. The van der Waals surface area contributed by atoms with Gasteiger partial charge in [0.15, 0.2) is 6.61 Å². The highest BCUT2D eigenvalue weighted by Gasteiger charge is 2.35. The van der Waals surface area contributed by atoms with Crippen molar-refractivity contribution < 1.29 is 28.9 Å². The molecule has 1 aliphatic rings. The van der Waals surface area contributed by atoms with Crippen molar-refractivity contribution in [1.29, 1.82) is 0 Å². The minimum atomic E-state index is -1.17. The van der Waals surface area contributed by atoms with E-state index in [-0.39, 0.29) is 18.7 Å². The van der Waals surface area contributed by atoms with Crippen LogP contribution >= 0.6 is 11.6 Å². The lowest BCUT2D eigenvalue weighted by molar-refractivity contribution is -0.139. The molecule has 0 bridgehead atoms. The maximum Gasteiger partial charge on any atom is 0.408 e. The second-order valence-corrected chi connectivity index (χ2v) is 6.24. The molecule has 1 heterocycles. The molecule has 0 aliphatic carbocycles. The number of carboxylic acids is 1. The highest BCUT2D eigenvalue weighted by molar-refractivity contribution is 6.30. The summed E-state index contributed by atoms with van der Waals surface area (Å²) in [6.07, 6.45) is -0.925.